The largest absolute Gasteiger partial charge is 0.318 e. The summed E-state index contributed by atoms with van der Waals surface area (Å²) in [4.78, 5) is 27.4. The van der Waals surface area contributed by atoms with E-state index in [0.29, 0.717) is 17.4 Å². The molecule has 2 amide bonds. The molecular weight excluding hydrogens is 330 g/mol. The molecule has 1 aromatic carbocycles. The monoisotopic (exact) mass is 341 g/mol. The number of hydrogen-bond donors (Lipinski definition) is 2. The summed E-state index contributed by atoms with van der Waals surface area (Å²) in [7, 11) is 0. The van der Waals surface area contributed by atoms with Crippen LogP contribution in [0.2, 0.25) is 0 Å². The fraction of sp³-hybridized carbons (Fsp3) is 0.250. The van der Waals surface area contributed by atoms with Crippen LogP contribution in [0.1, 0.15) is 5.56 Å². The van der Waals surface area contributed by atoms with Gasteiger partial charge in [-0.1, -0.05) is 27.7 Å². The first kappa shape index (κ1) is 14.1. The smallest absolute Gasteiger partial charge is 0.315 e. The number of benzene rings is 1. The number of carbonyl (C=O) groups excluding carboxylic acids is 2. The molecule has 0 saturated heterocycles. The summed E-state index contributed by atoms with van der Waals surface area (Å²) >= 11 is 4.80. The highest BCUT2D eigenvalue weighted by molar-refractivity contribution is 9.10. The Morgan fingerprint density at radius 1 is 1.32 bits per heavy atom. The Bertz CT molecular complexity index is 560. The van der Waals surface area contributed by atoms with E-state index in [2.05, 4.69) is 31.6 Å². The van der Waals surface area contributed by atoms with Gasteiger partial charge < -0.3 is 5.32 Å². The number of anilines is 1. The Hall–Kier alpha value is -1.34. The Kier molecular flexibility index (Phi) is 4.60. The van der Waals surface area contributed by atoms with Gasteiger partial charge in [0.1, 0.15) is 0 Å². The van der Waals surface area contributed by atoms with E-state index in [1.54, 1.807) is 12.1 Å². The van der Waals surface area contributed by atoms with Crippen molar-refractivity contribution >= 4 is 50.4 Å². The van der Waals surface area contributed by atoms with Gasteiger partial charge in [-0.2, -0.15) is 0 Å². The van der Waals surface area contributed by atoms with Crippen molar-refractivity contribution in [3.63, 3.8) is 0 Å². The number of nitrogens with zero attached hydrogens (tertiary/aromatic N) is 1. The van der Waals surface area contributed by atoms with Crippen molar-refractivity contribution in [3.8, 4) is 0 Å². The van der Waals surface area contributed by atoms with Crippen molar-refractivity contribution in [2.75, 3.05) is 17.6 Å². The highest BCUT2D eigenvalue weighted by Crippen LogP contribution is 2.19. The molecule has 0 bridgehead atoms. The molecule has 19 heavy (non-hydrogen) atoms. The quantitative estimate of drug-likeness (QED) is 0.766. The molecular formula is C12H12BrN3O2S. The molecule has 0 saturated carbocycles. The molecule has 1 aliphatic rings. The zero-order valence-electron chi connectivity index (χ0n) is 10.2. The molecule has 2 rings (SSSR count). The van der Waals surface area contributed by atoms with E-state index < -0.39 is 11.8 Å². The Morgan fingerprint density at radius 3 is 2.68 bits per heavy atom. The van der Waals surface area contributed by atoms with Crippen molar-refractivity contribution in [1.82, 2.24) is 5.32 Å². The van der Waals surface area contributed by atoms with Crippen molar-refractivity contribution in [2.24, 2.45) is 4.99 Å². The van der Waals surface area contributed by atoms with Crippen LogP contribution in [-0.4, -0.2) is 29.3 Å². The number of amidine groups is 1. The van der Waals surface area contributed by atoms with Gasteiger partial charge in [-0.25, -0.2) is 0 Å². The van der Waals surface area contributed by atoms with E-state index in [-0.39, 0.29) is 0 Å². The SMILES string of the molecule is Cc1cc(NC(=O)C(=O)NC2=NCCS2)ccc1Br. The fourth-order valence-electron chi connectivity index (χ4n) is 1.47. The van der Waals surface area contributed by atoms with Gasteiger partial charge in [-0.3, -0.25) is 19.9 Å². The van der Waals surface area contributed by atoms with Crippen LogP contribution in [0.4, 0.5) is 5.69 Å². The molecule has 1 aliphatic heterocycles. The van der Waals surface area contributed by atoms with Crippen molar-refractivity contribution in [1.29, 1.82) is 0 Å². The molecule has 0 aliphatic carbocycles. The Morgan fingerprint density at radius 2 is 2.05 bits per heavy atom. The maximum absolute atomic E-state index is 11.7. The molecule has 1 aromatic rings. The van der Waals surface area contributed by atoms with Crippen LogP contribution in [0.5, 0.6) is 0 Å². The lowest BCUT2D eigenvalue weighted by atomic mass is 10.2. The third-order valence-electron chi connectivity index (χ3n) is 2.43. The molecule has 0 fully saturated rings. The molecule has 0 atom stereocenters. The lowest BCUT2D eigenvalue weighted by Gasteiger charge is -2.07. The second-order valence-electron chi connectivity index (χ2n) is 3.91. The van der Waals surface area contributed by atoms with E-state index in [9.17, 15) is 9.59 Å². The Labute approximate surface area is 123 Å². The van der Waals surface area contributed by atoms with Gasteiger partial charge >= 0.3 is 11.8 Å². The lowest BCUT2D eigenvalue weighted by molar-refractivity contribution is -0.135. The zero-order valence-corrected chi connectivity index (χ0v) is 12.6. The number of carbonyl (C=O) groups is 2. The number of aryl methyl sites for hydroxylation is 1. The van der Waals surface area contributed by atoms with Gasteiger partial charge in [0, 0.05) is 15.9 Å². The van der Waals surface area contributed by atoms with E-state index >= 15 is 0 Å². The van der Waals surface area contributed by atoms with Crippen LogP contribution < -0.4 is 10.6 Å². The van der Waals surface area contributed by atoms with Gasteiger partial charge in [0.05, 0.1) is 6.54 Å². The van der Waals surface area contributed by atoms with Crippen LogP contribution >= 0.6 is 27.7 Å². The first-order valence-electron chi connectivity index (χ1n) is 5.62. The molecule has 0 aromatic heterocycles. The summed E-state index contributed by atoms with van der Waals surface area (Å²) < 4.78 is 0.951. The Balaban J connectivity index is 1.96. The number of halogens is 1. The number of rotatable bonds is 1. The first-order chi connectivity index (χ1) is 9.06. The summed E-state index contributed by atoms with van der Waals surface area (Å²) in [6.07, 6.45) is 0. The normalized spacial score (nSPS) is 13.9. The van der Waals surface area contributed by atoms with Crippen molar-refractivity contribution < 1.29 is 9.59 Å². The van der Waals surface area contributed by atoms with E-state index in [4.69, 9.17) is 0 Å². The van der Waals surface area contributed by atoms with Crippen LogP contribution in [-0.2, 0) is 9.59 Å². The topological polar surface area (TPSA) is 70.6 Å². The van der Waals surface area contributed by atoms with Crippen LogP contribution in [0, 0.1) is 6.92 Å². The number of nitrogens with one attached hydrogen (secondary N) is 2. The predicted octanol–water partition coefficient (Wildman–Crippen LogP) is 1.92. The van der Waals surface area contributed by atoms with E-state index in [0.717, 1.165) is 15.8 Å². The van der Waals surface area contributed by atoms with E-state index in [1.807, 2.05) is 13.0 Å². The summed E-state index contributed by atoms with van der Waals surface area (Å²) in [5.74, 6) is -0.561. The molecule has 0 spiro atoms. The van der Waals surface area contributed by atoms with E-state index in [1.165, 1.54) is 11.8 Å². The van der Waals surface area contributed by atoms with Gasteiger partial charge in [-0.15, -0.1) is 0 Å². The average Bonchev–Trinajstić information content (AvgIpc) is 2.86. The second-order valence-corrected chi connectivity index (χ2v) is 5.85. The zero-order chi connectivity index (χ0) is 13.8. The number of hydrogen-bond acceptors (Lipinski definition) is 4. The van der Waals surface area contributed by atoms with Gasteiger partial charge in [0.2, 0.25) is 0 Å². The standard InChI is InChI=1S/C12H12BrN3O2S/c1-7-6-8(2-3-9(7)13)15-10(17)11(18)16-12-14-4-5-19-12/h2-3,6H,4-5H2,1H3,(H,15,17)(H,14,16,18). The third kappa shape index (κ3) is 3.81. The average molecular weight is 342 g/mol. The highest BCUT2D eigenvalue weighted by Gasteiger charge is 2.18. The fourth-order valence-corrected chi connectivity index (χ4v) is 2.44. The van der Waals surface area contributed by atoms with Crippen molar-refractivity contribution in [2.45, 2.75) is 6.92 Å². The number of thioether (sulfide) groups is 1. The summed E-state index contributed by atoms with van der Waals surface area (Å²) in [5.41, 5.74) is 1.57. The molecule has 2 N–H and O–H groups in total. The minimum Gasteiger partial charge on any atom is -0.318 e. The molecule has 7 heteroatoms. The third-order valence-corrected chi connectivity index (χ3v) is 4.21. The summed E-state index contributed by atoms with van der Waals surface area (Å²) in [5, 5.41) is 5.53. The maximum atomic E-state index is 11.7. The second kappa shape index (κ2) is 6.21. The molecule has 1 heterocycles. The highest BCUT2D eigenvalue weighted by atomic mass is 79.9. The predicted molar refractivity (Wildman–Crippen MR) is 80.4 cm³/mol. The molecule has 100 valence electrons. The van der Waals surface area contributed by atoms with Crippen LogP contribution in [0.3, 0.4) is 0 Å². The van der Waals surface area contributed by atoms with Gasteiger partial charge in [0.15, 0.2) is 5.17 Å². The van der Waals surface area contributed by atoms with Crippen LogP contribution in [0.15, 0.2) is 27.7 Å². The van der Waals surface area contributed by atoms with Gasteiger partial charge in [-0.05, 0) is 30.7 Å². The minimum atomic E-state index is -0.700. The van der Waals surface area contributed by atoms with Crippen LogP contribution in [0.25, 0.3) is 0 Å². The lowest BCUT2D eigenvalue weighted by Crippen LogP contribution is -2.37. The van der Waals surface area contributed by atoms with Gasteiger partial charge in [0.25, 0.3) is 0 Å². The van der Waals surface area contributed by atoms with Crippen molar-refractivity contribution in [3.05, 3.63) is 28.2 Å². The summed E-state index contributed by atoms with van der Waals surface area (Å²) in [6.45, 7) is 2.58. The number of aliphatic imine (C=N–C) groups is 1. The molecule has 5 nitrogen and oxygen atoms in total. The maximum Gasteiger partial charge on any atom is 0.315 e. The summed E-state index contributed by atoms with van der Waals surface area (Å²) in [6, 6.07) is 5.33. The molecule has 0 unspecified atom stereocenters. The first-order valence-corrected chi connectivity index (χ1v) is 7.40. The minimum absolute atomic E-state index is 0.507. The molecule has 0 radical (unpaired) electrons. The number of amides is 2.